The van der Waals surface area contributed by atoms with Crippen LogP contribution in [-0.2, 0) is 16.9 Å². The van der Waals surface area contributed by atoms with Crippen LogP contribution in [0.15, 0.2) is 41.8 Å². The zero-order valence-corrected chi connectivity index (χ0v) is 12.7. The lowest BCUT2D eigenvalue weighted by Gasteiger charge is -2.20. The van der Waals surface area contributed by atoms with Gasteiger partial charge in [-0.15, -0.1) is 11.3 Å². The lowest BCUT2D eigenvalue weighted by atomic mass is 10.0. The molecule has 0 aliphatic carbocycles. The fourth-order valence-corrected chi connectivity index (χ4v) is 3.27. The summed E-state index contributed by atoms with van der Waals surface area (Å²) in [6, 6.07) is 12.2. The number of carbonyl (C=O) groups is 2. The van der Waals surface area contributed by atoms with E-state index in [2.05, 4.69) is 5.32 Å². The SMILES string of the molecule is C[C@@]1(c2cccs2)NC(=O)N(Cc2ccc(C#N)cc2)C1=O. The van der Waals surface area contributed by atoms with Crippen molar-refractivity contribution in [1.29, 1.82) is 5.26 Å². The molecule has 1 aromatic heterocycles. The molecule has 22 heavy (non-hydrogen) atoms. The molecule has 2 heterocycles. The maximum Gasteiger partial charge on any atom is 0.325 e. The Morgan fingerprint density at radius 1 is 1.27 bits per heavy atom. The van der Waals surface area contributed by atoms with Crippen molar-refractivity contribution in [1.82, 2.24) is 10.2 Å². The number of nitrogens with one attached hydrogen (secondary N) is 1. The van der Waals surface area contributed by atoms with Crippen molar-refractivity contribution in [3.8, 4) is 6.07 Å². The smallest absolute Gasteiger partial charge is 0.319 e. The van der Waals surface area contributed by atoms with Crippen molar-refractivity contribution in [2.45, 2.75) is 19.0 Å². The fourth-order valence-electron chi connectivity index (χ4n) is 2.44. The van der Waals surface area contributed by atoms with E-state index < -0.39 is 11.6 Å². The van der Waals surface area contributed by atoms with Crippen molar-refractivity contribution in [3.05, 3.63) is 57.8 Å². The molecule has 1 aliphatic rings. The molecule has 1 saturated heterocycles. The summed E-state index contributed by atoms with van der Waals surface area (Å²) in [5.74, 6) is -0.260. The zero-order chi connectivity index (χ0) is 15.7. The predicted octanol–water partition coefficient (Wildman–Crippen LogP) is 2.59. The normalized spacial score (nSPS) is 20.8. The van der Waals surface area contributed by atoms with Crippen molar-refractivity contribution in [2.75, 3.05) is 0 Å². The summed E-state index contributed by atoms with van der Waals surface area (Å²) in [6.07, 6.45) is 0. The number of rotatable bonds is 3. The molecular formula is C16H13N3O2S. The predicted molar refractivity (Wildman–Crippen MR) is 81.9 cm³/mol. The Labute approximate surface area is 131 Å². The van der Waals surface area contributed by atoms with Crippen LogP contribution in [0.2, 0.25) is 0 Å². The third kappa shape index (κ3) is 2.26. The van der Waals surface area contributed by atoms with E-state index in [9.17, 15) is 9.59 Å². The average molecular weight is 311 g/mol. The molecule has 0 bridgehead atoms. The van der Waals surface area contributed by atoms with E-state index in [1.165, 1.54) is 16.2 Å². The second-order valence-corrected chi connectivity index (χ2v) is 6.18. The standard InChI is InChI=1S/C16H13N3O2S/c1-16(13-3-2-8-22-13)14(20)19(15(21)18-16)10-12-6-4-11(9-17)5-7-12/h2-8H,10H2,1H3,(H,18,21)/t16-/m0/s1. The van der Waals surface area contributed by atoms with Crippen LogP contribution in [0.4, 0.5) is 4.79 Å². The van der Waals surface area contributed by atoms with Crippen LogP contribution in [0.5, 0.6) is 0 Å². The first-order valence-electron chi connectivity index (χ1n) is 6.72. The minimum Gasteiger partial charge on any atom is -0.319 e. The summed E-state index contributed by atoms with van der Waals surface area (Å²) in [6.45, 7) is 1.91. The number of thiophene rings is 1. The summed E-state index contributed by atoms with van der Waals surface area (Å²) in [7, 11) is 0. The molecule has 3 amide bonds. The molecule has 1 fully saturated rings. The van der Waals surface area contributed by atoms with Crippen LogP contribution in [0.3, 0.4) is 0 Å². The highest BCUT2D eigenvalue weighted by Gasteiger charge is 2.49. The maximum atomic E-state index is 12.7. The van der Waals surface area contributed by atoms with Crippen LogP contribution in [0, 0.1) is 11.3 Å². The van der Waals surface area contributed by atoms with Gasteiger partial charge in [-0.2, -0.15) is 5.26 Å². The van der Waals surface area contributed by atoms with Gasteiger partial charge in [0.05, 0.1) is 18.2 Å². The quantitative estimate of drug-likeness (QED) is 0.885. The Kier molecular flexibility index (Phi) is 3.43. The molecule has 6 heteroatoms. The molecule has 0 saturated carbocycles. The van der Waals surface area contributed by atoms with Crippen LogP contribution in [0.1, 0.15) is 22.9 Å². The fraction of sp³-hybridized carbons (Fsp3) is 0.188. The third-order valence-corrected chi connectivity index (χ3v) is 4.80. The molecule has 0 unspecified atom stereocenters. The Morgan fingerprint density at radius 2 is 2.00 bits per heavy atom. The Bertz CT molecular complexity index is 762. The second-order valence-electron chi connectivity index (χ2n) is 5.23. The average Bonchev–Trinajstić information content (AvgIpc) is 3.13. The number of nitriles is 1. The van der Waals surface area contributed by atoms with Crippen LogP contribution >= 0.6 is 11.3 Å². The molecule has 5 nitrogen and oxygen atoms in total. The van der Waals surface area contributed by atoms with Crippen LogP contribution < -0.4 is 5.32 Å². The van der Waals surface area contributed by atoms with E-state index >= 15 is 0 Å². The van der Waals surface area contributed by atoms with Crippen molar-refractivity contribution >= 4 is 23.3 Å². The molecule has 1 atom stereocenters. The summed E-state index contributed by atoms with van der Waals surface area (Å²) < 4.78 is 0. The van der Waals surface area contributed by atoms with E-state index in [0.717, 1.165) is 10.4 Å². The number of hydrogen-bond donors (Lipinski definition) is 1. The molecule has 3 rings (SSSR count). The first-order chi connectivity index (χ1) is 10.5. The summed E-state index contributed by atoms with van der Waals surface area (Å²) >= 11 is 1.44. The number of benzene rings is 1. The van der Waals surface area contributed by atoms with Gasteiger partial charge in [-0.25, -0.2) is 4.79 Å². The van der Waals surface area contributed by atoms with Gasteiger partial charge in [0, 0.05) is 4.88 Å². The van der Waals surface area contributed by atoms with Crippen LogP contribution in [-0.4, -0.2) is 16.8 Å². The highest BCUT2D eigenvalue weighted by Crippen LogP contribution is 2.32. The number of nitrogens with zero attached hydrogens (tertiary/aromatic N) is 2. The summed E-state index contributed by atoms with van der Waals surface area (Å²) in [5.41, 5.74) is 0.347. The monoisotopic (exact) mass is 311 g/mol. The van der Waals surface area contributed by atoms with Gasteiger partial charge in [0.15, 0.2) is 5.54 Å². The van der Waals surface area contributed by atoms with Crippen LogP contribution in [0.25, 0.3) is 0 Å². The highest BCUT2D eigenvalue weighted by atomic mass is 32.1. The molecule has 1 aliphatic heterocycles. The third-order valence-electron chi connectivity index (χ3n) is 3.71. The zero-order valence-electron chi connectivity index (χ0n) is 11.9. The number of imide groups is 1. The number of amides is 3. The van der Waals surface area contributed by atoms with Crippen molar-refractivity contribution in [2.24, 2.45) is 0 Å². The number of urea groups is 1. The molecular weight excluding hydrogens is 298 g/mol. The lowest BCUT2D eigenvalue weighted by molar-refractivity contribution is -0.131. The molecule has 2 aromatic rings. The molecule has 110 valence electrons. The van der Waals surface area contributed by atoms with Gasteiger partial charge in [0.1, 0.15) is 0 Å². The number of carbonyl (C=O) groups excluding carboxylic acids is 2. The largest absolute Gasteiger partial charge is 0.325 e. The van der Waals surface area contributed by atoms with Gasteiger partial charge in [-0.1, -0.05) is 18.2 Å². The first-order valence-corrected chi connectivity index (χ1v) is 7.60. The van der Waals surface area contributed by atoms with E-state index in [4.69, 9.17) is 5.26 Å². The molecule has 1 N–H and O–H groups in total. The topological polar surface area (TPSA) is 73.2 Å². The van der Waals surface area contributed by atoms with Crippen molar-refractivity contribution in [3.63, 3.8) is 0 Å². The Balaban J connectivity index is 1.84. The van der Waals surface area contributed by atoms with E-state index in [1.54, 1.807) is 31.2 Å². The summed E-state index contributed by atoms with van der Waals surface area (Å²) in [5, 5.41) is 13.4. The second kappa shape index (κ2) is 5.28. The summed E-state index contributed by atoms with van der Waals surface area (Å²) in [4.78, 5) is 26.9. The van der Waals surface area contributed by atoms with Gasteiger partial charge in [-0.3, -0.25) is 9.69 Å². The van der Waals surface area contributed by atoms with E-state index in [-0.39, 0.29) is 12.5 Å². The van der Waals surface area contributed by atoms with Gasteiger partial charge < -0.3 is 5.32 Å². The Hall–Kier alpha value is -2.65. The molecule has 0 radical (unpaired) electrons. The minimum absolute atomic E-state index is 0.192. The van der Waals surface area contributed by atoms with Crippen molar-refractivity contribution < 1.29 is 9.59 Å². The van der Waals surface area contributed by atoms with E-state index in [0.29, 0.717) is 5.56 Å². The molecule has 1 aromatic carbocycles. The van der Waals surface area contributed by atoms with Gasteiger partial charge in [0.2, 0.25) is 0 Å². The first kappa shape index (κ1) is 14.3. The minimum atomic E-state index is -1.00. The highest BCUT2D eigenvalue weighted by molar-refractivity contribution is 7.10. The lowest BCUT2D eigenvalue weighted by Crippen LogP contribution is -2.40. The Morgan fingerprint density at radius 3 is 2.59 bits per heavy atom. The van der Waals surface area contributed by atoms with Gasteiger partial charge >= 0.3 is 6.03 Å². The molecule has 0 spiro atoms. The van der Waals surface area contributed by atoms with E-state index in [1.807, 2.05) is 23.6 Å². The number of hydrogen-bond acceptors (Lipinski definition) is 4. The maximum absolute atomic E-state index is 12.7. The van der Waals surface area contributed by atoms with Gasteiger partial charge in [-0.05, 0) is 36.1 Å². The van der Waals surface area contributed by atoms with Gasteiger partial charge in [0.25, 0.3) is 5.91 Å².